The second kappa shape index (κ2) is 10.3. The molecule has 3 heterocycles. The number of hydrogen-bond acceptors (Lipinski definition) is 7. The van der Waals surface area contributed by atoms with E-state index in [2.05, 4.69) is 51.2 Å². The lowest BCUT2D eigenvalue weighted by Gasteiger charge is -2.25. The van der Waals surface area contributed by atoms with E-state index < -0.39 is 0 Å². The average molecular weight is 500 g/mol. The van der Waals surface area contributed by atoms with Crippen molar-refractivity contribution in [3.05, 3.63) is 71.4 Å². The summed E-state index contributed by atoms with van der Waals surface area (Å²) in [5.74, 6) is 1.96. The highest BCUT2D eigenvalue weighted by Gasteiger charge is 2.29. The van der Waals surface area contributed by atoms with Crippen LogP contribution in [0.2, 0.25) is 0 Å². The van der Waals surface area contributed by atoms with Crippen LogP contribution in [-0.4, -0.2) is 47.1 Å². The van der Waals surface area contributed by atoms with Gasteiger partial charge < -0.3 is 15.4 Å². The Kier molecular flexibility index (Phi) is 6.63. The summed E-state index contributed by atoms with van der Waals surface area (Å²) in [6.45, 7) is 4.58. The molecule has 6 rings (SSSR count). The van der Waals surface area contributed by atoms with Crippen molar-refractivity contribution in [2.45, 2.75) is 25.9 Å². The van der Waals surface area contributed by atoms with Crippen LogP contribution < -0.4 is 10.6 Å². The maximum absolute atomic E-state index is 12.2. The van der Waals surface area contributed by atoms with Crippen molar-refractivity contribution >= 4 is 39.0 Å². The number of nitrogens with zero attached hydrogens (tertiary/aromatic N) is 3. The predicted molar refractivity (Wildman–Crippen MR) is 144 cm³/mol. The molecule has 184 valence electrons. The fraction of sp³-hybridized carbons (Fsp3) is 0.321. The minimum atomic E-state index is 0.121. The largest absolute Gasteiger partial charge is 0.379 e. The molecule has 8 heteroatoms. The third kappa shape index (κ3) is 5.26. The zero-order valence-electron chi connectivity index (χ0n) is 20.1. The molecule has 1 saturated carbocycles. The molecule has 1 saturated heterocycles. The molecular weight excluding hydrogens is 470 g/mol. The summed E-state index contributed by atoms with van der Waals surface area (Å²) < 4.78 is 5.50. The smallest absolute Gasteiger partial charge is 0.227 e. The first-order chi connectivity index (χ1) is 17.7. The van der Waals surface area contributed by atoms with E-state index in [4.69, 9.17) is 14.7 Å². The van der Waals surface area contributed by atoms with Gasteiger partial charge in [0.1, 0.15) is 16.5 Å². The molecule has 0 bridgehead atoms. The molecule has 1 aliphatic carbocycles. The number of amides is 1. The highest BCUT2D eigenvalue weighted by molar-refractivity contribution is 7.17. The van der Waals surface area contributed by atoms with E-state index in [0.29, 0.717) is 13.1 Å². The molecule has 0 unspecified atom stereocenters. The fourth-order valence-electron chi connectivity index (χ4n) is 4.51. The molecule has 2 aromatic carbocycles. The molecule has 2 aromatic heterocycles. The molecule has 2 fully saturated rings. The molecule has 36 heavy (non-hydrogen) atoms. The van der Waals surface area contributed by atoms with Crippen LogP contribution in [0, 0.1) is 5.92 Å². The van der Waals surface area contributed by atoms with Crippen molar-refractivity contribution in [1.82, 2.24) is 14.9 Å². The Labute approximate surface area is 214 Å². The van der Waals surface area contributed by atoms with Crippen LogP contribution in [0.25, 0.3) is 21.3 Å². The van der Waals surface area contributed by atoms with E-state index in [1.807, 2.05) is 24.3 Å². The van der Waals surface area contributed by atoms with E-state index in [1.165, 1.54) is 0 Å². The van der Waals surface area contributed by atoms with Gasteiger partial charge >= 0.3 is 0 Å². The molecule has 4 aromatic rings. The Balaban J connectivity index is 1.29. The fourth-order valence-corrected chi connectivity index (χ4v) is 5.47. The second-order valence-electron chi connectivity index (χ2n) is 9.39. The number of rotatable bonds is 8. The van der Waals surface area contributed by atoms with Gasteiger partial charge in [0.2, 0.25) is 5.91 Å². The number of anilines is 2. The number of nitrogens with one attached hydrogen (secondary N) is 2. The lowest BCUT2D eigenvalue weighted by molar-refractivity contribution is -0.117. The third-order valence-electron chi connectivity index (χ3n) is 6.64. The van der Waals surface area contributed by atoms with Crippen molar-refractivity contribution in [1.29, 1.82) is 0 Å². The zero-order valence-corrected chi connectivity index (χ0v) is 20.9. The van der Waals surface area contributed by atoms with E-state index in [-0.39, 0.29) is 11.8 Å². The first-order valence-electron chi connectivity index (χ1n) is 12.5. The highest BCUT2D eigenvalue weighted by atomic mass is 32.1. The predicted octanol–water partition coefficient (Wildman–Crippen LogP) is 5.15. The van der Waals surface area contributed by atoms with Crippen LogP contribution in [0.3, 0.4) is 0 Å². The summed E-state index contributed by atoms with van der Waals surface area (Å²) in [5, 5.41) is 9.86. The molecule has 0 spiro atoms. The lowest BCUT2D eigenvalue weighted by atomic mass is 10.1. The SMILES string of the molecule is O=C(Nc1cccc(CNc2nc(CN3CCOCC3)nc3scc(-c4ccccc4)c23)c1)C1CC1. The van der Waals surface area contributed by atoms with Crippen LogP contribution >= 0.6 is 11.3 Å². The minimum Gasteiger partial charge on any atom is -0.379 e. The topological polar surface area (TPSA) is 79.4 Å². The zero-order chi connectivity index (χ0) is 24.3. The van der Waals surface area contributed by atoms with Crippen LogP contribution in [0.4, 0.5) is 11.5 Å². The Morgan fingerprint density at radius 1 is 1.06 bits per heavy atom. The Morgan fingerprint density at radius 2 is 1.89 bits per heavy atom. The van der Waals surface area contributed by atoms with Crippen LogP contribution in [0.1, 0.15) is 24.2 Å². The normalized spacial score (nSPS) is 16.2. The molecule has 1 aliphatic heterocycles. The summed E-state index contributed by atoms with van der Waals surface area (Å²) in [4.78, 5) is 25.5. The van der Waals surface area contributed by atoms with Crippen molar-refractivity contribution in [3.8, 4) is 11.1 Å². The standard InChI is InChI=1S/C28H29N5O2S/c34-27(21-9-10-21)30-22-8-4-5-19(15-22)16-29-26-25-23(20-6-2-1-3-7-20)18-36-28(25)32-24(31-26)17-33-11-13-35-14-12-33/h1-8,15,18,21H,9-14,16-17H2,(H,30,34)(H,29,31,32). The quantitative estimate of drug-likeness (QED) is 0.349. The Bertz CT molecular complexity index is 1360. The van der Waals surface area contributed by atoms with Crippen LogP contribution in [-0.2, 0) is 22.6 Å². The van der Waals surface area contributed by atoms with Gasteiger partial charge in [-0.2, -0.15) is 0 Å². The number of thiophene rings is 1. The van der Waals surface area contributed by atoms with Gasteiger partial charge in [0.15, 0.2) is 0 Å². The summed E-state index contributed by atoms with van der Waals surface area (Å²) >= 11 is 1.66. The van der Waals surface area contributed by atoms with Crippen molar-refractivity contribution < 1.29 is 9.53 Å². The van der Waals surface area contributed by atoms with E-state index in [9.17, 15) is 4.79 Å². The van der Waals surface area contributed by atoms with E-state index in [1.54, 1.807) is 11.3 Å². The monoisotopic (exact) mass is 499 g/mol. The molecule has 2 N–H and O–H groups in total. The van der Waals surface area contributed by atoms with Gasteiger partial charge in [-0.05, 0) is 36.1 Å². The molecule has 1 amide bonds. The van der Waals surface area contributed by atoms with Crippen molar-refractivity contribution in [2.24, 2.45) is 5.92 Å². The lowest BCUT2D eigenvalue weighted by Crippen LogP contribution is -2.36. The van der Waals surface area contributed by atoms with Gasteiger partial charge in [-0.3, -0.25) is 9.69 Å². The number of morpholine rings is 1. The summed E-state index contributed by atoms with van der Waals surface area (Å²) in [7, 11) is 0. The van der Waals surface area contributed by atoms with Gasteiger partial charge in [0, 0.05) is 42.2 Å². The first kappa shape index (κ1) is 23.1. The summed E-state index contributed by atoms with van der Waals surface area (Å²) in [5.41, 5.74) is 4.22. The highest BCUT2D eigenvalue weighted by Crippen LogP contribution is 2.37. The Hall–Kier alpha value is -3.33. The van der Waals surface area contributed by atoms with Gasteiger partial charge in [-0.15, -0.1) is 11.3 Å². The number of ether oxygens (including phenoxy) is 1. The summed E-state index contributed by atoms with van der Waals surface area (Å²) in [6, 6.07) is 18.4. The van der Waals surface area contributed by atoms with E-state index in [0.717, 1.165) is 83.4 Å². The van der Waals surface area contributed by atoms with Crippen LogP contribution in [0.5, 0.6) is 0 Å². The van der Waals surface area contributed by atoms with E-state index >= 15 is 0 Å². The number of hydrogen-bond donors (Lipinski definition) is 2. The first-order valence-corrected chi connectivity index (χ1v) is 13.4. The van der Waals surface area contributed by atoms with Crippen molar-refractivity contribution in [3.63, 3.8) is 0 Å². The number of carbonyl (C=O) groups excluding carboxylic acids is 1. The van der Waals surface area contributed by atoms with Gasteiger partial charge in [-0.1, -0.05) is 42.5 Å². The van der Waals surface area contributed by atoms with Gasteiger partial charge in [0.05, 0.1) is 25.1 Å². The number of fused-ring (bicyclic) bond motifs is 1. The number of aromatic nitrogens is 2. The Morgan fingerprint density at radius 3 is 2.69 bits per heavy atom. The second-order valence-corrected chi connectivity index (χ2v) is 10.2. The van der Waals surface area contributed by atoms with Crippen LogP contribution in [0.15, 0.2) is 60.0 Å². The maximum atomic E-state index is 12.2. The van der Waals surface area contributed by atoms with Gasteiger partial charge in [0.25, 0.3) is 0 Å². The summed E-state index contributed by atoms with van der Waals surface area (Å²) in [6.07, 6.45) is 1.99. The molecule has 0 radical (unpaired) electrons. The maximum Gasteiger partial charge on any atom is 0.227 e. The van der Waals surface area contributed by atoms with Gasteiger partial charge in [-0.25, -0.2) is 9.97 Å². The molecule has 7 nitrogen and oxygen atoms in total. The molecule has 2 aliphatic rings. The molecular formula is C28H29N5O2S. The average Bonchev–Trinajstić information content (AvgIpc) is 3.68. The minimum absolute atomic E-state index is 0.121. The van der Waals surface area contributed by atoms with Crippen molar-refractivity contribution in [2.75, 3.05) is 36.9 Å². The number of benzene rings is 2. The molecule has 0 atom stereocenters. The third-order valence-corrected chi connectivity index (χ3v) is 7.51. The number of carbonyl (C=O) groups is 1.